The van der Waals surface area contributed by atoms with Gasteiger partial charge in [0.1, 0.15) is 12.6 Å². The molecule has 4 atom stereocenters. The van der Waals surface area contributed by atoms with Gasteiger partial charge in [0.15, 0.2) is 0 Å². The zero-order valence-electron chi connectivity index (χ0n) is 11.2. The molecule has 98 valence electrons. The van der Waals surface area contributed by atoms with E-state index in [2.05, 4.69) is 20.8 Å². The van der Waals surface area contributed by atoms with Crippen molar-refractivity contribution in [3.8, 4) is 0 Å². The number of carbonyl (C=O) groups is 2. The Hall–Kier alpha value is -0.960. The third-order valence-electron chi connectivity index (χ3n) is 5.68. The minimum absolute atomic E-state index is 0.0640. The first kappa shape index (κ1) is 12.1. The van der Waals surface area contributed by atoms with E-state index in [-0.39, 0.29) is 16.7 Å². The molecule has 0 aromatic carbocycles. The van der Waals surface area contributed by atoms with Crippen molar-refractivity contribution in [2.45, 2.75) is 45.6 Å². The van der Waals surface area contributed by atoms with Crippen molar-refractivity contribution < 1.29 is 14.7 Å². The van der Waals surface area contributed by atoms with Crippen molar-refractivity contribution in [3.63, 3.8) is 0 Å². The smallest absolute Gasteiger partial charge is 0.146 e. The van der Waals surface area contributed by atoms with Gasteiger partial charge >= 0.3 is 0 Å². The molecule has 0 aromatic rings. The molecule has 0 aromatic heterocycles. The normalized spacial score (nSPS) is 52.0. The van der Waals surface area contributed by atoms with Crippen LogP contribution in [0.15, 0.2) is 11.6 Å². The molecule has 0 radical (unpaired) electrons. The number of rotatable bonds is 2. The SMILES string of the molecule is CC1(C)C[C@@H]2[C@]3(C)C[C@]3(C=O)C(C=O)=C[C@]2(O)C1. The van der Waals surface area contributed by atoms with Crippen LogP contribution in [0.1, 0.15) is 40.0 Å². The van der Waals surface area contributed by atoms with Gasteiger partial charge in [-0.25, -0.2) is 0 Å². The summed E-state index contributed by atoms with van der Waals surface area (Å²) >= 11 is 0. The highest BCUT2D eigenvalue weighted by Crippen LogP contribution is 2.77. The van der Waals surface area contributed by atoms with Crippen LogP contribution in [0.25, 0.3) is 0 Å². The lowest BCUT2D eigenvalue weighted by atomic mass is 9.67. The van der Waals surface area contributed by atoms with Crippen LogP contribution in [0.5, 0.6) is 0 Å². The van der Waals surface area contributed by atoms with Crippen molar-refractivity contribution >= 4 is 12.6 Å². The Balaban J connectivity index is 2.15. The second kappa shape index (κ2) is 2.96. The second-order valence-electron chi connectivity index (χ2n) is 7.49. The summed E-state index contributed by atoms with van der Waals surface area (Å²) in [5.41, 5.74) is -1.20. The van der Waals surface area contributed by atoms with Crippen molar-refractivity contribution in [3.05, 3.63) is 11.6 Å². The van der Waals surface area contributed by atoms with Crippen LogP contribution < -0.4 is 0 Å². The molecule has 18 heavy (non-hydrogen) atoms. The fraction of sp³-hybridized carbons (Fsp3) is 0.733. The maximum absolute atomic E-state index is 11.5. The summed E-state index contributed by atoms with van der Waals surface area (Å²) in [6.45, 7) is 6.34. The topological polar surface area (TPSA) is 54.4 Å². The highest BCUT2D eigenvalue weighted by Gasteiger charge is 2.76. The van der Waals surface area contributed by atoms with Crippen molar-refractivity contribution in [2.75, 3.05) is 0 Å². The van der Waals surface area contributed by atoms with Crippen molar-refractivity contribution in [1.82, 2.24) is 0 Å². The van der Waals surface area contributed by atoms with Crippen LogP contribution in [0.4, 0.5) is 0 Å². The molecule has 1 N–H and O–H groups in total. The van der Waals surface area contributed by atoms with E-state index in [1.165, 1.54) is 0 Å². The summed E-state index contributed by atoms with van der Waals surface area (Å²) in [5.74, 6) is 0.0916. The number of allylic oxidation sites excluding steroid dienone is 1. The molecule has 3 heteroatoms. The Kier molecular flexibility index (Phi) is 1.99. The average molecular weight is 248 g/mol. The van der Waals surface area contributed by atoms with Gasteiger partial charge in [0.05, 0.1) is 11.0 Å². The molecule has 3 rings (SSSR count). The largest absolute Gasteiger partial charge is 0.385 e. The van der Waals surface area contributed by atoms with Gasteiger partial charge in [-0.1, -0.05) is 20.8 Å². The number of aldehydes is 2. The van der Waals surface area contributed by atoms with Crippen molar-refractivity contribution in [2.24, 2.45) is 22.2 Å². The number of hydrogen-bond acceptors (Lipinski definition) is 3. The van der Waals surface area contributed by atoms with Crippen LogP contribution in [0.3, 0.4) is 0 Å². The molecule has 0 heterocycles. The summed E-state index contributed by atoms with van der Waals surface area (Å²) < 4.78 is 0. The van der Waals surface area contributed by atoms with Gasteiger partial charge in [0.2, 0.25) is 0 Å². The Morgan fingerprint density at radius 3 is 2.50 bits per heavy atom. The summed E-state index contributed by atoms with van der Waals surface area (Å²) in [4.78, 5) is 22.7. The van der Waals surface area contributed by atoms with Crippen molar-refractivity contribution in [1.29, 1.82) is 0 Å². The van der Waals surface area contributed by atoms with Crippen LogP contribution >= 0.6 is 0 Å². The maximum Gasteiger partial charge on any atom is 0.146 e. The number of aliphatic hydroxyl groups is 1. The number of hydrogen-bond donors (Lipinski definition) is 1. The monoisotopic (exact) mass is 248 g/mol. The third-order valence-corrected chi connectivity index (χ3v) is 5.68. The van der Waals surface area contributed by atoms with E-state index < -0.39 is 11.0 Å². The number of fused-ring (bicyclic) bond motifs is 3. The summed E-state index contributed by atoms with van der Waals surface area (Å²) in [5, 5.41) is 10.9. The van der Waals surface area contributed by atoms with Crippen LogP contribution in [-0.2, 0) is 9.59 Å². The maximum atomic E-state index is 11.5. The first-order chi connectivity index (χ1) is 8.23. The zero-order valence-corrected chi connectivity index (χ0v) is 11.2. The highest BCUT2D eigenvalue weighted by molar-refractivity contribution is 5.89. The van der Waals surface area contributed by atoms with E-state index in [1.54, 1.807) is 6.08 Å². The van der Waals surface area contributed by atoms with E-state index in [0.717, 1.165) is 19.0 Å². The average Bonchev–Trinajstić information content (AvgIpc) is 2.81. The molecule has 2 saturated carbocycles. The molecule has 2 fully saturated rings. The predicted octanol–water partition coefficient (Wildman–Crippen LogP) is 1.89. The van der Waals surface area contributed by atoms with Gasteiger partial charge in [-0.05, 0) is 42.1 Å². The molecule has 3 aliphatic carbocycles. The van der Waals surface area contributed by atoms with Crippen LogP contribution in [0.2, 0.25) is 0 Å². The predicted molar refractivity (Wildman–Crippen MR) is 66.8 cm³/mol. The first-order valence-electron chi connectivity index (χ1n) is 6.60. The van der Waals surface area contributed by atoms with Crippen LogP contribution in [-0.4, -0.2) is 23.3 Å². The van der Waals surface area contributed by atoms with E-state index in [0.29, 0.717) is 18.4 Å². The summed E-state index contributed by atoms with van der Waals surface area (Å²) in [6.07, 6.45) is 5.67. The van der Waals surface area contributed by atoms with Crippen LogP contribution in [0, 0.1) is 22.2 Å². The molecule has 3 aliphatic rings. The lowest BCUT2D eigenvalue weighted by Gasteiger charge is -2.39. The summed E-state index contributed by atoms with van der Waals surface area (Å²) in [7, 11) is 0. The lowest BCUT2D eigenvalue weighted by molar-refractivity contribution is -0.116. The molecule has 0 bridgehead atoms. The van der Waals surface area contributed by atoms with E-state index >= 15 is 0 Å². The Morgan fingerprint density at radius 1 is 1.28 bits per heavy atom. The molecule has 0 amide bonds. The number of carbonyl (C=O) groups excluding carboxylic acids is 2. The van der Waals surface area contributed by atoms with Gasteiger partial charge in [0, 0.05) is 5.57 Å². The fourth-order valence-electron chi connectivity index (χ4n) is 4.80. The zero-order chi connectivity index (χ0) is 13.4. The molecule has 0 saturated heterocycles. The minimum Gasteiger partial charge on any atom is -0.385 e. The fourth-order valence-corrected chi connectivity index (χ4v) is 4.80. The van der Waals surface area contributed by atoms with Gasteiger partial charge in [-0.3, -0.25) is 4.79 Å². The molecule has 0 unspecified atom stereocenters. The standard InChI is InChI=1S/C15H20O3/c1-12(2)5-11-13(3)8-14(13,9-17)10(6-16)4-15(11,18)7-12/h4,6,9,11,18H,5,7-8H2,1-3H3/t11-,13+,14+,15+/m1/s1. The quantitative estimate of drug-likeness (QED) is 0.759. The van der Waals surface area contributed by atoms with E-state index in [9.17, 15) is 14.7 Å². The van der Waals surface area contributed by atoms with Gasteiger partial charge < -0.3 is 9.90 Å². The second-order valence-corrected chi connectivity index (χ2v) is 7.49. The molecule has 0 aliphatic heterocycles. The van der Waals surface area contributed by atoms with Gasteiger partial charge in [0.25, 0.3) is 0 Å². The Morgan fingerprint density at radius 2 is 1.94 bits per heavy atom. The van der Waals surface area contributed by atoms with Gasteiger partial charge in [-0.2, -0.15) is 0 Å². The molecular formula is C15H20O3. The van der Waals surface area contributed by atoms with E-state index in [1.807, 2.05) is 0 Å². The minimum atomic E-state index is -0.905. The Bertz CT molecular complexity index is 478. The summed E-state index contributed by atoms with van der Waals surface area (Å²) in [6, 6.07) is 0. The van der Waals surface area contributed by atoms with E-state index in [4.69, 9.17) is 0 Å². The third kappa shape index (κ3) is 1.14. The van der Waals surface area contributed by atoms with Gasteiger partial charge in [-0.15, -0.1) is 0 Å². The Labute approximate surface area is 107 Å². The molecule has 0 spiro atoms. The lowest BCUT2D eigenvalue weighted by Crippen LogP contribution is -2.43. The molecular weight excluding hydrogens is 228 g/mol. The first-order valence-corrected chi connectivity index (χ1v) is 6.60. The highest BCUT2D eigenvalue weighted by atomic mass is 16.3. The molecule has 3 nitrogen and oxygen atoms in total.